The van der Waals surface area contributed by atoms with E-state index >= 15 is 0 Å². The molecule has 1 saturated heterocycles. The number of rotatable bonds is 3. The first-order valence-electron chi connectivity index (χ1n) is 10.5. The lowest BCUT2D eigenvalue weighted by Crippen LogP contribution is -2.55. The van der Waals surface area contributed by atoms with Crippen LogP contribution in [0.3, 0.4) is 0 Å². The Labute approximate surface area is 190 Å². The van der Waals surface area contributed by atoms with E-state index in [0.717, 1.165) is 30.0 Å². The molecule has 0 saturated carbocycles. The van der Waals surface area contributed by atoms with Gasteiger partial charge in [0.15, 0.2) is 0 Å². The monoisotopic (exact) mass is 457 g/mol. The Morgan fingerprint density at radius 1 is 1.29 bits per heavy atom. The van der Waals surface area contributed by atoms with E-state index in [4.69, 9.17) is 16.3 Å². The molecule has 0 bridgehead atoms. The highest BCUT2D eigenvalue weighted by molar-refractivity contribution is 7.19. The number of methoxy groups -OCH3 is 1. The van der Waals surface area contributed by atoms with Crippen LogP contribution in [-0.4, -0.2) is 53.7 Å². The average Bonchev–Trinajstić information content (AvgIpc) is 3.35. The summed E-state index contributed by atoms with van der Waals surface area (Å²) >= 11 is 7.90. The molecule has 1 aromatic carbocycles. The number of piperazine rings is 1. The van der Waals surface area contributed by atoms with Crippen molar-refractivity contribution >= 4 is 50.7 Å². The van der Waals surface area contributed by atoms with E-state index in [1.165, 1.54) is 22.2 Å². The number of nitrogens with zero attached hydrogens (tertiary/aromatic N) is 4. The Bertz CT molecular complexity index is 1150. The van der Waals surface area contributed by atoms with Gasteiger partial charge < -0.3 is 19.9 Å². The van der Waals surface area contributed by atoms with Crippen LogP contribution >= 0.6 is 22.9 Å². The molecule has 3 heterocycles. The lowest BCUT2D eigenvalue weighted by atomic mass is 10.1. The molecular weight excluding hydrogens is 434 g/mol. The third-order valence-electron chi connectivity index (χ3n) is 6.07. The van der Waals surface area contributed by atoms with Crippen LogP contribution < -0.4 is 15.0 Å². The second-order valence-electron chi connectivity index (χ2n) is 8.00. The summed E-state index contributed by atoms with van der Waals surface area (Å²) in [7, 11) is 1.57. The minimum atomic E-state index is -0.156. The van der Waals surface area contributed by atoms with Gasteiger partial charge in [0.2, 0.25) is 0 Å². The average molecular weight is 458 g/mol. The fourth-order valence-electron chi connectivity index (χ4n) is 4.56. The summed E-state index contributed by atoms with van der Waals surface area (Å²) in [5.74, 6) is 1.59. The Hall–Kier alpha value is -2.58. The molecule has 7 nitrogen and oxygen atoms in total. The Morgan fingerprint density at radius 3 is 2.97 bits per heavy atom. The van der Waals surface area contributed by atoms with Crippen molar-refractivity contribution in [3.8, 4) is 5.75 Å². The van der Waals surface area contributed by atoms with E-state index in [1.807, 2.05) is 4.90 Å². The van der Waals surface area contributed by atoms with Gasteiger partial charge in [-0.05, 0) is 49.9 Å². The van der Waals surface area contributed by atoms with Crippen LogP contribution in [0.2, 0.25) is 5.02 Å². The summed E-state index contributed by atoms with van der Waals surface area (Å²) in [5.41, 5.74) is 2.00. The smallest absolute Gasteiger partial charge is 0.322 e. The van der Waals surface area contributed by atoms with Crippen molar-refractivity contribution < 1.29 is 9.53 Å². The number of anilines is 2. The quantitative estimate of drug-likeness (QED) is 0.623. The normalized spacial score (nSPS) is 18.4. The first kappa shape index (κ1) is 20.3. The molecule has 1 atom stereocenters. The number of carbonyl (C=O) groups is 1. The van der Waals surface area contributed by atoms with Crippen molar-refractivity contribution in [3.63, 3.8) is 0 Å². The van der Waals surface area contributed by atoms with Gasteiger partial charge in [0.1, 0.15) is 22.7 Å². The Balaban J connectivity index is 1.34. The molecule has 31 heavy (non-hydrogen) atoms. The molecular formula is C22H24ClN5O2S. The molecule has 2 aliphatic rings. The van der Waals surface area contributed by atoms with E-state index in [0.29, 0.717) is 29.5 Å². The topological polar surface area (TPSA) is 70.6 Å². The first-order chi connectivity index (χ1) is 15.0. The van der Waals surface area contributed by atoms with Crippen LogP contribution in [0.5, 0.6) is 5.75 Å². The molecule has 1 aliphatic heterocycles. The second-order valence-corrected chi connectivity index (χ2v) is 9.52. The first-order valence-corrected chi connectivity index (χ1v) is 11.7. The third kappa shape index (κ3) is 3.68. The van der Waals surface area contributed by atoms with Gasteiger partial charge in [0.25, 0.3) is 0 Å². The molecule has 1 aliphatic carbocycles. The molecule has 3 aromatic rings. The van der Waals surface area contributed by atoms with Crippen LogP contribution in [0.15, 0.2) is 24.5 Å². The number of thiophene rings is 1. The van der Waals surface area contributed by atoms with Crippen molar-refractivity contribution in [2.75, 3.05) is 37.0 Å². The Kier molecular flexibility index (Phi) is 5.35. The number of aryl methyl sites for hydroxylation is 2. The predicted octanol–water partition coefficient (Wildman–Crippen LogP) is 4.58. The molecule has 5 rings (SSSR count). The van der Waals surface area contributed by atoms with Crippen LogP contribution in [0, 0.1) is 0 Å². The minimum absolute atomic E-state index is 0.135. The van der Waals surface area contributed by atoms with Crippen molar-refractivity contribution in [1.82, 2.24) is 14.9 Å². The standard InChI is InChI=1S/C22H24ClN5O2S/c1-13-11-27(22(29)26-16-10-14(23)6-7-17(16)30-2)8-9-28(13)20-19-15-4-3-5-18(15)31-21(19)25-12-24-20/h6-7,10,12-13H,3-5,8-9,11H2,1-2H3,(H,26,29). The van der Waals surface area contributed by atoms with E-state index in [-0.39, 0.29) is 12.1 Å². The van der Waals surface area contributed by atoms with E-state index < -0.39 is 0 Å². The molecule has 162 valence electrons. The van der Waals surface area contributed by atoms with E-state index in [1.54, 1.807) is 43.0 Å². The highest BCUT2D eigenvalue weighted by atomic mass is 35.5. The number of amides is 2. The Morgan fingerprint density at radius 2 is 2.16 bits per heavy atom. The lowest BCUT2D eigenvalue weighted by Gasteiger charge is -2.40. The van der Waals surface area contributed by atoms with Crippen LogP contribution in [0.1, 0.15) is 23.8 Å². The molecule has 2 amide bonds. The van der Waals surface area contributed by atoms with Gasteiger partial charge in [0, 0.05) is 35.6 Å². The van der Waals surface area contributed by atoms with Crippen molar-refractivity contribution in [2.24, 2.45) is 0 Å². The molecule has 2 aromatic heterocycles. The lowest BCUT2D eigenvalue weighted by molar-refractivity contribution is 0.200. The summed E-state index contributed by atoms with van der Waals surface area (Å²) in [5, 5.41) is 4.70. The van der Waals surface area contributed by atoms with Crippen LogP contribution in [0.25, 0.3) is 10.2 Å². The number of ether oxygens (including phenoxy) is 1. The summed E-state index contributed by atoms with van der Waals surface area (Å²) in [6.07, 6.45) is 5.13. The molecule has 0 spiro atoms. The van der Waals surface area contributed by atoms with Gasteiger partial charge in [-0.2, -0.15) is 0 Å². The highest BCUT2D eigenvalue weighted by Crippen LogP contribution is 2.40. The number of aromatic nitrogens is 2. The summed E-state index contributed by atoms with van der Waals surface area (Å²) in [4.78, 5) is 28.8. The van der Waals surface area contributed by atoms with Crippen molar-refractivity contribution in [2.45, 2.75) is 32.2 Å². The second kappa shape index (κ2) is 8.16. The predicted molar refractivity (Wildman–Crippen MR) is 125 cm³/mol. The zero-order valence-electron chi connectivity index (χ0n) is 17.5. The minimum Gasteiger partial charge on any atom is -0.495 e. The van der Waals surface area contributed by atoms with Crippen molar-refractivity contribution in [3.05, 3.63) is 40.0 Å². The highest BCUT2D eigenvalue weighted by Gasteiger charge is 2.31. The zero-order chi connectivity index (χ0) is 21.5. The number of fused-ring (bicyclic) bond motifs is 3. The number of halogens is 1. The van der Waals surface area contributed by atoms with Crippen molar-refractivity contribution in [1.29, 1.82) is 0 Å². The number of urea groups is 1. The maximum atomic E-state index is 12.9. The fourth-order valence-corrected chi connectivity index (χ4v) is 5.95. The maximum absolute atomic E-state index is 12.9. The summed E-state index contributed by atoms with van der Waals surface area (Å²) in [6.45, 7) is 4.07. The van der Waals surface area contributed by atoms with Crippen LogP contribution in [-0.2, 0) is 12.8 Å². The van der Waals surface area contributed by atoms with E-state index in [9.17, 15) is 4.79 Å². The van der Waals surface area contributed by atoms with Gasteiger partial charge in [-0.15, -0.1) is 11.3 Å². The van der Waals surface area contributed by atoms with Gasteiger partial charge in [-0.1, -0.05) is 11.6 Å². The SMILES string of the molecule is COc1ccc(Cl)cc1NC(=O)N1CCN(c2ncnc3sc4c(c23)CCC4)C(C)C1. The number of benzene rings is 1. The number of hydrogen-bond acceptors (Lipinski definition) is 6. The fraction of sp³-hybridized carbons (Fsp3) is 0.409. The van der Waals surface area contributed by atoms with Crippen LogP contribution in [0.4, 0.5) is 16.3 Å². The molecule has 1 unspecified atom stereocenters. The number of nitrogens with one attached hydrogen (secondary N) is 1. The molecule has 1 N–H and O–H groups in total. The summed E-state index contributed by atoms with van der Waals surface area (Å²) < 4.78 is 5.34. The third-order valence-corrected chi connectivity index (χ3v) is 7.51. The maximum Gasteiger partial charge on any atom is 0.322 e. The largest absolute Gasteiger partial charge is 0.495 e. The number of carbonyl (C=O) groups excluding carboxylic acids is 1. The number of hydrogen-bond donors (Lipinski definition) is 1. The van der Waals surface area contributed by atoms with Gasteiger partial charge in [-0.25, -0.2) is 14.8 Å². The zero-order valence-corrected chi connectivity index (χ0v) is 19.1. The van der Waals surface area contributed by atoms with Gasteiger partial charge in [0.05, 0.1) is 18.2 Å². The molecule has 0 radical (unpaired) electrons. The van der Waals surface area contributed by atoms with Gasteiger partial charge >= 0.3 is 6.03 Å². The summed E-state index contributed by atoms with van der Waals surface area (Å²) in [6, 6.07) is 5.16. The molecule has 1 fully saturated rings. The molecule has 9 heteroatoms. The van der Waals surface area contributed by atoms with Gasteiger partial charge in [-0.3, -0.25) is 0 Å². The van der Waals surface area contributed by atoms with E-state index in [2.05, 4.69) is 27.1 Å².